The molecule has 0 radical (unpaired) electrons. The van der Waals surface area contributed by atoms with Crippen molar-refractivity contribution in [1.29, 1.82) is 0 Å². The molecule has 0 bridgehead atoms. The van der Waals surface area contributed by atoms with Gasteiger partial charge in [-0.1, -0.05) is 6.92 Å². The van der Waals surface area contributed by atoms with Crippen molar-refractivity contribution in [3.63, 3.8) is 0 Å². The molecule has 0 saturated carbocycles. The minimum atomic E-state index is 0.458. The van der Waals surface area contributed by atoms with Gasteiger partial charge in [0.15, 0.2) is 0 Å². The minimum Gasteiger partial charge on any atom is -0.372 e. The fourth-order valence-electron chi connectivity index (χ4n) is 2.77. The second-order valence-corrected chi connectivity index (χ2v) is 5.17. The number of ether oxygens (including phenoxy) is 1. The van der Waals surface area contributed by atoms with E-state index in [1.54, 1.807) is 0 Å². The standard InChI is InChI=1S/C12H24N2O/c1-10-5-6-14(8-10)9-12-4-3-11(15-12)7-13-2/h10-13H,3-9H2,1-2H3. The summed E-state index contributed by atoms with van der Waals surface area (Å²) < 4.78 is 5.99. The molecule has 0 aromatic rings. The minimum absolute atomic E-state index is 0.458. The molecular weight excluding hydrogens is 188 g/mol. The fraction of sp³-hybridized carbons (Fsp3) is 1.00. The Labute approximate surface area is 93.2 Å². The summed E-state index contributed by atoms with van der Waals surface area (Å²) in [6, 6.07) is 0. The van der Waals surface area contributed by atoms with Crippen LogP contribution in [0.25, 0.3) is 0 Å². The Morgan fingerprint density at radius 3 is 2.73 bits per heavy atom. The summed E-state index contributed by atoms with van der Waals surface area (Å²) in [5.74, 6) is 0.888. The van der Waals surface area contributed by atoms with Gasteiger partial charge in [0.1, 0.15) is 0 Å². The molecule has 0 aliphatic carbocycles. The van der Waals surface area contributed by atoms with Crippen LogP contribution in [0.4, 0.5) is 0 Å². The first kappa shape index (κ1) is 11.4. The van der Waals surface area contributed by atoms with Crippen molar-refractivity contribution in [1.82, 2.24) is 10.2 Å². The summed E-state index contributed by atoms with van der Waals surface area (Å²) in [6.45, 7) is 7.06. The monoisotopic (exact) mass is 212 g/mol. The third kappa shape index (κ3) is 3.16. The van der Waals surface area contributed by atoms with Gasteiger partial charge in [-0.25, -0.2) is 0 Å². The van der Waals surface area contributed by atoms with Crippen LogP contribution in [0.3, 0.4) is 0 Å². The lowest BCUT2D eigenvalue weighted by molar-refractivity contribution is 0.0279. The van der Waals surface area contributed by atoms with Crippen LogP contribution in [0, 0.1) is 5.92 Å². The molecule has 3 unspecified atom stereocenters. The molecule has 0 aromatic carbocycles. The van der Waals surface area contributed by atoms with E-state index in [-0.39, 0.29) is 0 Å². The predicted molar refractivity (Wildman–Crippen MR) is 62.0 cm³/mol. The average molecular weight is 212 g/mol. The molecule has 3 nitrogen and oxygen atoms in total. The maximum absolute atomic E-state index is 5.99. The molecule has 2 fully saturated rings. The molecule has 0 aromatic heterocycles. The molecule has 3 heteroatoms. The van der Waals surface area contributed by atoms with Crippen molar-refractivity contribution in [3.05, 3.63) is 0 Å². The van der Waals surface area contributed by atoms with Crippen molar-refractivity contribution in [2.24, 2.45) is 5.92 Å². The van der Waals surface area contributed by atoms with Gasteiger partial charge in [0.25, 0.3) is 0 Å². The van der Waals surface area contributed by atoms with Crippen LogP contribution in [0.1, 0.15) is 26.2 Å². The summed E-state index contributed by atoms with van der Waals surface area (Å²) in [5, 5.41) is 3.19. The van der Waals surface area contributed by atoms with Crippen LogP contribution in [0.2, 0.25) is 0 Å². The van der Waals surface area contributed by atoms with E-state index >= 15 is 0 Å². The van der Waals surface area contributed by atoms with Crippen molar-refractivity contribution in [2.75, 3.05) is 33.2 Å². The van der Waals surface area contributed by atoms with E-state index in [2.05, 4.69) is 17.1 Å². The molecule has 2 saturated heterocycles. The van der Waals surface area contributed by atoms with Crippen molar-refractivity contribution < 1.29 is 4.74 Å². The van der Waals surface area contributed by atoms with Crippen LogP contribution in [-0.2, 0) is 4.74 Å². The number of likely N-dealkylation sites (tertiary alicyclic amines) is 1. The summed E-state index contributed by atoms with van der Waals surface area (Å²) >= 11 is 0. The molecule has 2 aliphatic rings. The highest BCUT2D eigenvalue weighted by Crippen LogP contribution is 2.22. The van der Waals surface area contributed by atoms with E-state index in [4.69, 9.17) is 4.74 Å². The number of nitrogens with zero attached hydrogens (tertiary/aromatic N) is 1. The zero-order chi connectivity index (χ0) is 10.7. The zero-order valence-electron chi connectivity index (χ0n) is 10.0. The highest BCUT2D eigenvalue weighted by Gasteiger charge is 2.28. The summed E-state index contributed by atoms with van der Waals surface area (Å²) in [5.41, 5.74) is 0. The Morgan fingerprint density at radius 2 is 2.07 bits per heavy atom. The van der Waals surface area contributed by atoms with Crippen LogP contribution < -0.4 is 5.32 Å². The molecule has 1 N–H and O–H groups in total. The van der Waals surface area contributed by atoms with Crippen LogP contribution in [0.15, 0.2) is 0 Å². The van der Waals surface area contributed by atoms with Gasteiger partial charge in [0.05, 0.1) is 12.2 Å². The molecule has 2 aliphatic heterocycles. The quantitative estimate of drug-likeness (QED) is 0.755. The largest absolute Gasteiger partial charge is 0.372 e. The van der Waals surface area contributed by atoms with Gasteiger partial charge in [0.2, 0.25) is 0 Å². The highest BCUT2D eigenvalue weighted by molar-refractivity contribution is 4.80. The summed E-state index contributed by atoms with van der Waals surface area (Å²) in [6.07, 6.45) is 4.80. The molecule has 88 valence electrons. The van der Waals surface area contributed by atoms with Crippen molar-refractivity contribution >= 4 is 0 Å². The summed E-state index contributed by atoms with van der Waals surface area (Å²) in [4.78, 5) is 2.57. The SMILES string of the molecule is CNCC1CCC(CN2CCC(C)C2)O1. The zero-order valence-corrected chi connectivity index (χ0v) is 10.0. The van der Waals surface area contributed by atoms with Crippen LogP contribution in [-0.4, -0.2) is 50.3 Å². The normalized spacial score (nSPS) is 37.6. The molecule has 3 atom stereocenters. The fourth-order valence-corrected chi connectivity index (χ4v) is 2.77. The lowest BCUT2D eigenvalue weighted by Crippen LogP contribution is -2.32. The number of likely N-dealkylation sites (N-methyl/N-ethyl adjacent to an activating group) is 1. The molecule has 2 rings (SSSR count). The van der Waals surface area contributed by atoms with Crippen LogP contribution >= 0.6 is 0 Å². The van der Waals surface area contributed by atoms with E-state index in [0.717, 1.165) is 19.0 Å². The van der Waals surface area contributed by atoms with Gasteiger partial charge >= 0.3 is 0 Å². The predicted octanol–water partition coefficient (Wildman–Crippen LogP) is 1.10. The van der Waals surface area contributed by atoms with E-state index in [9.17, 15) is 0 Å². The van der Waals surface area contributed by atoms with E-state index in [1.165, 1.54) is 32.4 Å². The van der Waals surface area contributed by atoms with Gasteiger partial charge in [-0.15, -0.1) is 0 Å². The maximum atomic E-state index is 5.99. The third-order valence-corrected chi connectivity index (χ3v) is 3.60. The van der Waals surface area contributed by atoms with Gasteiger partial charge in [-0.2, -0.15) is 0 Å². The Morgan fingerprint density at radius 1 is 1.27 bits per heavy atom. The highest BCUT2D eigenvalue weighted by atomic mass is 16.5. The van der Waals surface area contributed by atoms with E-state index < -0.39 is 0 Å². The third-order valence-electron chi connectivity index (χ3n) is 3.60. The molecular formula is C12H24N2O. The number of rotatable bonds is 4. The lowest BCUT2D eigenvalue weighted by Gasteiger charge is -2.20. The number of hydrogen-bond acceptors (Lipinski definition) is 3. The van der Waals surface area contributed by atoms with E-state index in [1.807, 2.05) is 7.05 Å². The molecule has 0 spiro atoms. The average Bonchev–Trinajstić information content (AvgIpc) is 2.78. The first-order chi connectivity index (χ1) is 7.28. The Kier molecular flexibility index (Phi) is 4.00. The Hall–Kier alpha value is -0.120. The Bertz CT molecular complexity index is 198. The van der Waals surface area contributed by atoms with Crippen molar-refractivity contribution in [2.45, 2.75) is 38.4 Å². The topological polar surface area (TPSA) is 24.5 Å². The van der Waals surface area contributed by atoms with Gasteiger partial charge in [0, 0.05) is 19.6 Å². The maximum Gasteiger partial charge on any atom is 0.0707 e. The number of nitrogens with one attached hydrogen (secondary N) is 1. The van der Waals surface area contributed by atoms with Crippen molar-refractivity contribution in [3.8, 4) is 0 Å². The van der Waals surface area contributed by atoms with Gasteiger partial charge < -0.3 is 15.0 Å². The van der Waals surface area contributed by atoms with E-state index in [0.29, 0.717) is 12.2 Å². The van der Waals surface area contributed by atoms with Gasteiger partial charge in [-0.05, 0) is 38.8 Å². The van der Waals surface area contributed by atoms with Gasteiger partial charge in [-0.3, -0.25) is 0 Å². The summed E-state index contributed by atoms with van der Waals surface area (Å²) in [7, 11) is 2.00. The lowest BCUT2D eigenvalue weighted by atomic mass is 10.2. The molecule has 15 heavy (non-hydrogen) atoms. The second kappa shape index (κ2) is 5.28. The first-order valence-corrected chi connectivity index (χ1v) is 6.30. The molecule has 0 amide bonds. The number of hydrogen-bond donors (Lipinski definition) is 1. The first-order valence-electron chi connectivity index (χ1n) is 6.30. The van der Waals surface area contributed by atoms with Crippen LogP contribution in [0.5, 0.6) is 0 Å². The smallest absolute Gasteiger partial charge is 0.0707 e. The Balaban J connectivity index is 1.68. The molecule has 2 heterocycles. The second-order valence-electron chi connectivity index (χ2n) is 5.17.